The number of amides is 1. The van der Waals surface area contributed by atoms with Gasteiger partial charge in [-0.3, -0.25) is 15.1 Å². The van der Waals surface area contributed by atoms with Gasteiger partial charge in [-0.2, -0.15) is 0 Å². The maximum atomic E-state index is 12.4. The zero-order valence-electron chi connectivity index (χ0n) is 13.7. The van der Waals surface area contributed by atoms with Crippen molar-refractivity contribution in [2.75, 3.05) is 38.7 Å². The number of esters is 1. The van der Waals surface area contributed by atoms with Gasteiger partial charge in [0.05, 0.1) is 11.3 Å². The van der Waals surface area contributed by atoms with Crippen molar-refractivity contribution in [3.63, 3.8) is 0 Å². The lowest BCUT2D eigenvalue weighted by molar-refractivity contribution is -0.136. The molecule has 0 saturated carbocycles. The van der Waals surface area contributed by atoms with Gasteiger partial charge in [0.15, 0.2) is 0 Å². The summed E-state index contributed by atoms with van der Waals surface area (Å²) in [5, 5.41) is 4.02. The Morgan fingerprint density at radius 3 is 2.70 bits per heavy atom. The number of anilines is 1. The molecule has 7 nitrogen and oxygen atoms in total. The summed E-state index contributed by atoms with van der Waals surface area (Å²) in [5.41, 5.74) is 3.78. The first-order valence-electron chi connectivity index (χ1n) is 7.68. The number of rotatable bonds is 6. The third-order valence-electron chi connectivity index (χ3n) is 3.78. The van der Waals surface area contributed by atoms with Crippen LogP contribution in [-0.2, 0) is 9.53 Å². The van der Waals surface area contributed by atoms with E-state index in [1.54, 1.807) is 24.3 Å². The second-order valence-electron chi connectivity index (χ2n) is 5.12. The van der Waals surface area contributed by atoms with Crippen molar-refractivity contribution in [3.8, 4) is 0 Å². The molecule has 124 valence electrons. The standard InChI is InChI=1S/C16H22N4O3/c1-4-20(5-2)10-11-23-16(22)14-18-17-13-9-7-6-8-12(13)15(21)19(14)3/h6-9,17H,4-5,10-11H2,1-3H3. The minimum absolute atomic E-state index is 0.0502. The molecule has 0 spiro atoms. The molecule has 0 saturated heterocycles. The van der Waals surface area contributed by atoms with Crippen molar-refractivity contribution in [2.45, 2.75) is 13.8 Å². The fraction of sp³-hybridized carbons (Fsp3) is 0.438. The third-order valence-corrected chi connectivity index (χ3v) is 3.78. The number of hydrogen-bond acceptors (Lipinski definition) is 6. The van der Waals surface area contributed by atoms with Gasteiger partial charge < -0.3 is 9.64 Å². The number of likely N-dealkylation sites (N-methyl/N-ethyl adjacent to an activating group) is 2. The van der Waals surface area contributed by atoms with E-state index in [0.717, 1.165) is 13.1 Å². The number of nitrogens with one attached hydrogen (secondary N) is 1. The van der Waals surface area contributed by atoms with Crippen molar-refractivity contribution in [1.29, 1.82) is 0 Å². The lowest BCUT2D eigenvalue weighted by Crippen LogP contribution is -2.39. The Morgan fingerprint density at radius 1 is 1.30 bits per heavy atom. The Bertz CT molecular complexity index is 611. The Hall–Kier alpha value is -2.41. The predicted molar refractivity (Wildman–Crippen MR) is 88.3 cm³/mol. The van der Waals surface area contributed by atoms with E-state index in [2.05, 4.69) is 15.4 Å². The highest BCUT2D eigenvalue weighted by Gasteiger charge is 2.28. The molecule has 1 amide bonds. The Balaban J connectivity index is 2.04. The van der Waals surface area contributed by atoms with Gasteiger partial charge in [0, 0.05) is 13.6 Å². The van der Waals surface area contributed by atoms with Crippen molar-refractivity contribution >= 4 is 23.4 Å². The molecule has 0 radical (unpaired) electrons. The Kier molecular flexibility index (Phi) is 5.70. The quantitative estimate of drug-likeness (QED) is 0.802. The number of hydrogen-bond donors (Lipinski definition) is 1. The van der Waals surface area contributed by atoms with Gasteiger partial charge in [-0.15, -0.1) is 5.10 Å². The molecule has 0 fully saturated rings. The van der Waals surface area contributed by atoms with E-state index < -0.39 is 5.97 Å². The van der Waals surface area contributed by atoms with E-state index in [0.29, 0.717) is 17.8 Å². The summed E-state index contributed by atoms with van der Waals surface area (Å²) < 4.78 is 5.24. The van der Waals surface area contributed by atoms with Gasteiger partial charge in [-0.25, -0.2) is 4.79 Å². The number of ether oxygens (including phenoxy) is 1. The summed E-state index contributed by atoms with van der Waals surface area (Å²) >= 11 is 0. The first-order chi connectivity index (χ1) is 11.1. The number of amidine groups is 1. The third kappa shape index (κ3) is 3.87. The largest absolute Gasteiger partial charge is 0.458 e. The van der Waals surface area contributed by atoms with Crippen molar-refractivity contribution in [1.82, 2.24) is 9.80 Å². The summed E-state index contributed by atoms with van der Waals surface area (Å²) in [7, 11) is 1.51. The lowest BCUT2D eigenvalue weighted by atomic mass is 10.1. The molecule has 2 rings (SSSR count). The van der Waals surface area contributed by atoms with Crippen LogP contribution in [0.1, 0.15) is 24.2 Å². The van der Waals surface area contributed by atoms with Crippen LogP contribution in [0.15, 0.2) is 29.4 Å². The minimum atomic E-state index is -0.617. The van der Waals surface area contributed by atoms with E-state index in [4.69, 9.17) is 4.74 Å². The number of para-hydroxylation sites is 1. The highest BCUT2D eigenvalue weighted by molar-refractivity contribution is 6.39. The smallest absolute Gasteiger partial charge is 0.376 e. The fourth-order valence-electron chi connectivity index (χ4n) is 2.29. The maximum Gasteiger partial charge on any atom is 0.376 e. The summed E-state index contributed by atoms with van der Waals surface area (Å²) in [6, 6.07) is 6.98. The van der Waals surface area contributed by atoms with Crippen molar-refractivity contribution in [3.05, 3.63) is 29.8 Å². The van der Waals surface area contributed by atoms with Crippen LogP contribution in [0.5, 0.6) is 0 Å². The molecule has 0 atom stereocenters. The van der Waals surface area contributed by atoms with Crippen LogP contribution in [0.25, 0.3) is 0 Å². The van der Waals surface area contributed by atoms with E-state index >= 15 is 0 Å². The molecule has 1 aliphatic heterocycles. The van der Waals surface area contributed by atoms with E-state index in [9.17, 15) is 9.59 Å². The van der Waals surface area contributed by atoms with Gasteiger partial charge in [-0.05, 0) is 25.2 Å². The lowest BCUT2D eigenvalue weighted by Gasteiger charge is -2.19. The summed E-state index contributed by atoms with van der Waals surface area (Å²) in [5.74, 6) is -0.968. The second-order valence-corrected chi connectivity index (χ2v) is 5.12. The molecule has 0 unspecified atom stereocenters. The van der Waals surface area contributed by atoms with Crippen LogP contribution >= 0.6 is 0 Å². The highest BCUT2D eigenvalue weighted by Crippen LogP contribution is 2.19. The number of hydrazone groups is 1. The topological polar surface area (TPSA) is 74.2 Å². The molecule has 1 N–H and O–H groups in total. The molecule has 0 aromatic heterocycles. The van der Waals surface area contributed by atoms with Crippen LogP contribution in [0, 0.1) is 0 Å². The van der Waals surface area contributed by atoms with Crippen molar-refractivity contribution in [2.24, 2.45) is 5.10 Å². The molecular weight excluding hydrogens is 296 g/mol. The molecule has 1 heterocycles. The SMILES string of the molecule is CCN(CC)CCOC(=O)C1=NNc2ccccc2C(=O)N1C. The van der Waals surface area contributed by atoms with E-state index in [-0.39, 0.29) is 18.3 Å². The molecule has 1 aromatic rings. The molecule has 7 heteroatoms. The summed E-state index contributed by atoms with van der Waals surface area (Å²) in [4.78, 5) is 28.0. The molecule has 1 aromatic carbocycles. The molecule has 23 heavy (non-hydrogen) atoms. The molecule has 0 aliphatic carbocycles. The normalized spacial score (nSPS) is 14.0. The van der Waals surface area contributed by atoms with Gasteiger partial charge in [0.1, 0.15) is 6.61 Å². The van der Waals surface area contributed by atoms with Crippen LogP contribution in [0.2, 0.25) is 0 Å². The summed E-state index contributed by atoms with van der Waals surface area (Å²) in [6.07, 6.45) is 0. The van der Waals surface area contributed by atoms with Crippen LogP contribution in [-0.4, -0.2) is 60.8 Å². The van der Waals surface area contributed by atoms with Gasteiger partial charge >= 0.3 is 5.97 Å². The summed E-state index contributed by atoms with van der Waals surface area (Å²) in [6.45, 7) is 6.79. The monoisotopic (exact) mass is 318 g/mol. The zero-order valence-corrected chi connectivity index (χ0v) is 13.7. The second kappa shape index (κ2) is 7.73. The number of fused-ring (bicyclic) bond motifs is 1. The van der Waals surface area contributed by atoms with E-state index in [1.807, 2.05) is 13.8 Å². The predicted octanol–water partition coefficient (Wildman–Crippen LogP) is 1.38. The van der Waals surface area contributed by atoms with E-state index in [1.165, 1.54) is 11.9 Å². The maximum absolute atomic E-state index is 12.4. The van der Waals surface area contributed by atoms with Crippen molar-refractivity contribution < 1.29 is 14.3 Å². The van der Waals surface area contributed by atoms with Crippen LogP contribution in [0.4, 0.5) is 5.69 Å². The number of benzene rings is 1. The Labute approximate surface area is 135 Å². The first-order valence-corrected chi connectivity index (χ1v) is 7.68. The number of nitrogens with zero attached hydrogens (tertiary/aromatic N) is 3. The fourth-order valence-corrected chi connectivity index (χ4v) is 2.29. The van der Waals surface area contributed by atoms with Gasteiger partial charge in [0.25, 0.3) is 5.91 Å². The highest BCUT2D eigenvalue weighted by atomic mass is 16.5. The molecular formula is C16H22N4O3. The van der Waals surface area contributed by atoms with Gasteiger partial charge in [0.2, 0.25) is 5.84 Å². The Morgan fingerprint density at radius 2 is 2.00 bits per heavy atom. The molecule has 1 aliphatic rings. The average Bonchev–Trinajstić information content (AvgIpc) is 2.70. The average molecular weight is 318 g/mol. The van der Waals surface area contributed by atoms with Crippen LogP contribution < -0.4 is 5.43 Å². The first kappa shape index (κ1) is 17.0. The number of carbonyl (C=O) groups excluding carboxylic acids is 2. The minimum Gasteiger partial charge on any atom is -0.458 e. The number of carbonyl (C=O) groups is 2. The van der Waals surface area contributed by atoms with Gasteiger partial charge in [-0.1, -0.05) is 26.0 Å². The zero-order chi connectivity index (χ0) is 16.8. The van der Waals surface area contributed by atoms with Crippen LogP contribution in [0.3, 0.4) is 0 Å². The molecule has 0 bridgehead atoms.